The van der Waals surface area contributed by atoms with Gasteiger partial charge in [-0.3, -0.25) is 15.0 Å². The number of anilines is 1. The largest absolute Gasteiger partial charge is 0.508 e. The number of likely N-dealkylation sites (N-methyl/N-ethyl adjacent to an activating group) is 1. The van der Waals surface area contributed by atoms with Gasteiger partial charge in [-0.1, -0.05) is 11.6 Å². The molecule has 7 heterocycles. The number of carbonyl (C=O) groups is 1. The lowest BCUT2D eigenvalue weighted by Gasteiger charge is -2.31. The average Bonchev–Trinajstić information content (AvgIpc) is 3.52. The number of ether oxygens (including phenoxy) is 4. The Morgan fingerprint density at radius 2 is 2.09 bits per heavy atom. The second kappa shape index (κ2) is 11.6. The molecule has 2 fully saturated rings. The number of benzene rings is 1. The molecule has 14 heteroatoms. The summed E-state index contributed by atoms with van der Waals surface area (Å²) in [4.78, 5) is 30.8. The molecule has 12 nitrogen and oxygen atoms in total. The summed E-state index contributed by atoms with van der Waals surface area (Å²) >= 11 is 6.75. The number of H-pyrrole nitrogens is 1. The Morgan fingerprint density at radius 1 is 1.20 bits per heavy atom. The third-order valence-corrected chi connectivity index (χ3v) is 9.25. The Hall–Kier alpha value is -3.81. The first-order valence-corrected chi connectivity index (χ1v) is 15.2. The van der Waals surface area contributed by atoms with E-state index in [1.54, 1.807) is 18.5 Å². The van der Waals surface area contributed by atoms with Gasteiger partial charge in [-0.25, -0.2) is 9.18 Å². The van der Waals surface area contributed by atoms with Crippen LogP contribution in [-0.4, -0.2) is 101 Å². The summed E-state index contributed by atoms with van der Waals surface area (Å²) in [6.45, 7) is 4.72. The molecule has 2 saturated heterocycles. The van der Waals surface area contributed by atoms with E-state index in [-0.39, 0.29) is 42.5 Å². The molecule has 0 unspecified atom stereocenters. The minimum Gasteiger partial charge on any atom is -0.461 e. The Kier molecular flexibility index (Phi) is 7.63. The standard InChI is InChI=1S/C30H33ClFN7O5/c1-30(6-4-7-38(30)2)16-43-28-35-25-20-12-33-26(24(25)32)23-18(21(31)11-22-19(23)13-34-37-22)5-3-9-42-29(40)44-17-14-39(27(20)36-28)8-10-41-15-17/h11-13,17H,3-10,14-16H2,1-2H3,(H,34,37)/t17-,30+/m0/s1. The highest BCUT2D eigenvalue weighted by molar-refractivity contribution is 6.33. The van der Waals surface area contributed by atoms with Gasteiger partial charge >= 0.3 is 12.2 Å². The third kappa shape index (κ3) is 5.26. The van der Waals surface area contributed by atoms with Gasteiger partial charge in [0.15, 0.2) is 5.82 Å². The molecule has 3 aromatic heterocycles. The van der Waals surface area contributed by atoms with Crippen molar-refractivity contribution < 1.29 is 28.1 Å². The first-order chi connectivity index (χ1) is 21.3. The molecular formula is C30H33ClFN7O5. The Balaban J connectivity index is 1.42. The average molecular weight is 626 g/mol. The van der Waals surface area contributed by atoms with Gasteiger partial charge in [0.1, 0.15) is 29.7 Å². The van der Waals surface area contributed by atoms with Crippen LogP contribution in [0.1, 0.15) is 31.7 Å². The molecule has 0 amide bonds. The molecular weight excluding hydrogens is 593 g/mol. The van der Waals surface area contributed by atoms with E-state index in [0.29, 0.717) is 70.9 Å². The number of fused-ring (bicyclic) bond motifs is 7. The van der Waals surface area contributed by atoms with Crippen LogP contribution in [0.25, 0.3) is 33.1 Å². The first-order valence-electron chi connectivity index (χ1n) is 14.8. The molecule has 232 valence electrons. The fourth-order valence-electron chi connectivity index (χ4n) is 6.30. The summed E-state index contributed by atoms with van der Waals surface area (Å²) in [7, 11) is 2.07. The lowest BCUT2D eigenvalue weighted by Crippen LogP contribution is -2.43. The monoisotopic (exact) mass is 625 g/mol. The maximum atomic E-state index is 16.9. The zero-order chi connectivity index (χ0) is 30.4. The van der Waals surface area contributed by atoms with Crippen molar-refractivity contribution in [2.75, 3.05) is 58.0 Å². The zero-order valence-corrected chi connectivity index (χ0v) is 25.3. The predicted molar refractivity (Wildman–Crippen MR) is 161 cm³/mol. The van der Waals surface area contributed by atoms with Crippen LogP contribution in [0.15, 0.2) is 18.5 Å². The van der Waals surface area contributed by atoms with E-state index in [2.05, 4.69) is 39.0 Å². The number of aromatic nitrogens is 5. The highest BCUT2D eigenvalue weighted by Gasteiger charge is 2.35. The van der Waals surface area contributed by atoms with E-state index in [9.17, 15) is 4.79 Å². The number of pyridine rings is 1. The number of nitrogens with zero attached hydrogens (tertiary/aromatic N) is 6. The molecule has 0 spiro atoms. The second-order valence-electron chi connectivity index (χ2n) is 11.8. The van der Waals surface area contributed by atoms with E-state index >= 15 is 4.39 Å². The van der Waals surface area contributed by atoms with Gasteiger partial charge < -0.3 is 23.8 Å². The zero-order valence-electron chi connectivity index (χ0n) is 24.6. The second-order valence-corrected chi connectivity index (χ2v) is 12.2. The van der Waals surface area contributed by atoms with Crippen molar-refractivity contribution in [3.8, 4) is 17.3 Å². The number of hydrogen-bond acceptors (Lipinski definition) is 11. The van der Waals surface area contributed by atoms with Crippen molar-refractivity contribution >= 4 is 45.4 Å². The Labute approximate surface area is 257 Å². The van der Waals surface area contributed by atoms with Crippen LogP contribution >= 0.6 is 11.6 Å². The van der Waals surface area contributed by atoms with Gasteiger partial charge in [0.05, 0.1) is 49.0 Å². The van der Waals surface area contributed by atoms with Gasteiger partial charge in [0, 0.05) is 28.7 Å². The molecule has 0 radical (unpaired) electrons. The minimum atomic E-state index is -0.786. The lowest BCUT2D eigenvalue weighted by atomic mass is 9.95. The normalized spacial score (nSPS) is 23.1. The van der Waals surface area contributed by atoms with Gasteiger partial charge in [0.2, 0.25) is 0 Å². The number of nitrogens with one attached hydrogen (secondary N) is 1. The van der Waals surface area contributed by atoms with Crippen LogP contribution in [0.3, 0.4) is 0 Å². The molecule has 44 heavy (non-hydrogen) atoms. The molecule has 8 rings (SSSR count). The van der Waals surface area contributed by atoms with Crippen LogP contribution in [0.5, 0.6) is 6.01 Å². The smallest absolute Gasteiger partial charge is 0.461 e. The van der Waals surface area contributed by atoms with E-state index in [4.69, 9.17) is 35.5 Å². The van der Waals surface area contributed by atoms with E-state index in [1.807, 2.05) is 4.90 Å². The van der Waals surface area contributed by atoms with Crippen molar-refractivity contribution in [2.45, 2.75) is 44.2 Å². The van der Waals surface area contributed by atoms with Gasteiger partial charge in [0.25, 0.3) is 0 Å². The first kappa shape index (κ1) is 28.9. The van der Waals surface area contributed by atoms with Gasteiger partial charge in [-0.2, -0.15) is 15.1 Å². The topological polar surface area (TPSA) is 128 Å². The van der Waals surface area contributed by atoms with Crippen LogP contribution in [0, 0.1) is 5.82 Å². The Morgan fingerprint density at radius 3 is 2.93 bits per heavy atom. The van der Waals surface area contributed by atoms with Crippen molar-refractivity contribution in [3.63, 3.8) is 0 Å². The van der Waals surface area contributed by atoms with Crippen molar-refractivity contribution in [1.82, 2.24) is 30.0 Å². The number of hydrogen-bond donors (Lipinski definition) is 1. The van der Waals surface area contributed by atoms with Crippen molar-refractivity contribution in [2.24, 2.45) is 0 Å². The highest BCUT2D eigenvalue weighted by Crippen LogP contribution is 2.40. The third-order valence-electron chi connectivity index (χ3n) is 8.91. The fourth-order valence-corrected chi connectivity index (χ4v) is 6.59. The number of carbonyl (C=O) groups excluding carboxylic acids is 1. The van der Waals surface area contributed by atoms with Gasteiger partial charge in [-0.15, -0.1) is 0 Å². The summed E-state index contributed by atoms with van der Waals surface area (Å²) in [5.41, 5.74) is 1.75. The molecule has 2 atom stereocenters. The molecule has 6 bridgehead atoms. The highest BCUT2D eigenvalue weighted by atomic mass is 35.5. The van der Waals surface area contributed by atoms with Crippen molar-refractivity contribution in [3.05, 3.63) is 34.9 Å². The Bertz CT molecular complexity index is 1740. The minimum absolute atomic E-state index is 0.0491. The number of rotatable bonds is 3. The summed E-state index contributed by atoms with van der Waals surface area (Å²) in [5, 5.41) is 8.56. The molecule has 1 N–H and O–H groups in total. The quantitative estimate of drug-likeness (QED) is 0.323. The summed E-state index contributed by atoms with van der Waals surface area (Å²) in [6.07, 6.45) is 4.61. The maximum absolute atomic E-state index is 16.9. The van der Waals surface area contributed by atoms with Crippen LogP contribution in [0.4, 0.5) is 15.0 Å². The van der Waals surface area contributed by atoms with Crippen LogP contribution in [-0.2, 0) is 20.6 Å². The van der Waals surface area contributed by atoms with E-state index in [1.165, 1.54) is 0 Å². The van der Waals surface area contributed by atoms with Crippen LogP contribution in [0.2, 0.25) is 5.02 Å². The number of likely N-dealkylation sites (tertiary alicyclic amines) is 1. The van der Waals surface area contributed by atoms with Gasteiger partial charge in [-0.05, 0) is 57.8 Å². The number of aromatic amines is 1. The molecule has 4 aliphatic heterocycles. The molecule has 4 aromatic rings. The summed E-state index contributed by atoms with van der Waals surface area (Å²) in [5.74, 6) is -0.212. The molecule has 0 saturated carbocycles. The SMILES string of the molecule is CN1CCC[C@]1(C)COc1nc2c3cnc(c(F)c3n1)-c1c(c(Cl)cc3[nH]ncc13)CCCOC(=O)O[C@@H]1COCCN2C1. The number of halogens is 2. The predicted octanol–water partition coefficient (Wildman–Crippen LogP) is 4.53. The van der Waals surface area contributed by atoms with E-state index < -0.39 is 18.1 Å². The summed E-state index contributed by atoms with van der Waals surface area (Å²) < 4.78 is 39.9. The van der Waals surface area contributed by atoms with E-state index in [0.717, 1.165) is 19.4 Å². The molecule has 0 aliphatic carbocycles. The fraction of sp³-hybridized carbons (Fsp3) is 0.500. The lowest BCUT2D eigenvalue weighted by molar-refractivity contribution is -0.00448. The molecule has 4 aliphatic rings. The van der Waals surface area contributed by atoms with Crippen LogP contribution < -0.4 is 9.64 Å². The maximum Gasteiger partial charge on any atom is 0.508 e. The molecule has 1 aromatic carbocycles. The van der Waals surface area contributed by atoms with Crippen molar-refractivity contribution in [1.29, 1.82) is 0 Å². The summed E-state index contributed by atoms with van der Waals surface area (Å²) in [6, 6.07) is 1.80.